The molecule has 0 aliphatic rings. The summed E-state index contributed by atoms with van der Waals surface area (Å²) in [6.45, 7) is 6.44. The van der Waals surface area contributed by atoms with Gasteiger partial charge in [-0.05, 0) is 57.8 Å². The third kappa shape index (κ3) is 36.5. The molecule has 0 unspecified atom stereocenters. The minimum atomic E-state index is -0.792. The van der Waals surface area contributed by atoms with E-state index in [1.54, 1.807) is 0 Å². The second-order valence-corrected chi connectivity index (χ2v) is 13.2. The fourth-order valence-corrected chi connectivity index (χ4v) is 5.26. The van der Waals surface area contributed by atoms with Gasteiger partial charge in [-0.1, -0.05) is 159 Å². The Kier molecular flexibility index (Phi) is 36.1. The Balaban J connectivity index is 4.41. The van der Waals surface area contributed by atoms with Crippen LogP contribution in [0.5, 0.6) is 0 Å². The highest BCUT2D eigenvalue weighted by molar-refractivity contribution is 5.71. The Morgan fingerprint density at radius 1 is 0.408 bits per heavy atom. The van der Waals surface area contributed by atoms with Crippen molar-refractivity contribution in [1.82, 2.24) is 0 Å². The number of esters is 3. The van der Waals surface area contributed by atoms with Crippen LogP contribution in [0.25, 0.3) is 0 Å². The number of allylic oxidation sites excluding steroid dienone is 8. The second kappa shape index (κ2) is 38.2. The van der Waals surface area contributed by atoms with Gasteiger partial charge in [0.2, 0.25) is 0 Å². The molecule has 0 aliphatic heterocycles. The topological polar surface area (TPSA) is 78.9 Å². The predicted octanol–water partition coefficient (Wildman–Crippen LogP) is 12.4. The average molecular weight is 687 g/mol. The van der Waals surface area contributed by atoms with Crippen molar-refractivity contribution in [1.29, 1.82) is 0 Å². The van der Waals surface area contributed by atoms with E-state index in [1.807, 2.05) is 0 Å². The van der Waals surface area contributed by atoms with Gasteiger partial charge < -0.3 is 14.2 Å². The fraction of sp³-hybridized carbons (Fsp3) is 0.744. The maximum Gasteiger partial charge on any atom is 0.306 e. The lowest BCUT2D eigenvalue weighted by Gasteiger charge is -2.18. The SMILES string of the molecule is CCCCC/C=C\C/C=C\C/C=C\C/C=C\CCCC(=O)OC(COC(=O)CCCCCCCCC)COC(=O)CCCCCCCCC. The smallest absolute Gasteiger partial charge is 0.306 e. The molecule has 0 atom stereocenters. The normalized spacial score (nSPS) is 11.9. The Bertz CT molecular complexity index is 853. The van der Waals surface area contributed by atoms with Crippen molar-refractivity contribution >= 4 is 17.9 Å². The molecule has 0 saturated carbocycles. The van der Waals surface area contributed by atoms with Crippen LogP contribution in [-0.4, -0.2) is 37.2 Å². The lowest BCUT2D eigenvalue weighted by molar-refractivity contribution is -0.167. The molecule has 0 aromatic heterocycles. The van der Waals surface area contributed by atoms with Crippen LogP contribution in [0.3, 0.4) is 0 Å². The van der Waals surface area contributed by atoms with Crippen LogP contribution in [0, 0.1) is 0 Å². The van der Waals surface area contributed by atoms with Crippen molar-refractivity contribution < 1.29 is 28.6 Å². The molecule has 0 bridgehead atoms. The highest BCUT2D eigenvalue weighted by Gasteiger charge is 2.19. The van der Waals surface area contributed by atoms with E-state index in [4.69, 9.17) is 14.2 Å². The van der Waals surface area contributed by atoms with Crippen molar-refractivity contribution in [2.75, 3.05) is 13.2 Å². The van der Waals surface area contributed by atoms with Crippen LogP contribution in [-0.2, 0) is 28.6 Å². The minimum absolute atomic E-state index is 0.0943. The number of hydrogen-bond donors (Lipinski definition) is 0. The van der Waals surface area contributed by atoms with Crippen LogP contribution >= 0.6 is 0 Å². The molecule has 0 rings (SSSR count). The Morgan fingerprint density at radius 2 is 0.755 bits per heavy atom. The largest absolute Gasteiger partial charge is 0.462 e. The Hall–Kier alpha value is -2.63. The van der Waals surface area contributed by atoms with E-state index in [1.165, 1.54) is 77.0 Å². The molecule has 0 aliphatic carbocycles. The van der Waals surface area contributed by atoms with Crippen molar-refractivity contribution in [2.45, 2.75) is 194 Å². The van der Waals surface area contributed by atoms with Gasteiger partial charge in [-0.25, -0.2) is 0 Å². The van der Waals surface area contributed by atoms with Crippen molar-refractivity contribution in [2.24, 2.45) is 0 Å². The molecular weight excluding hydrogens is 612 g/mol. The zero-order chi connectivity index (χ0) is 35.9. The van der Waals surface area contributed by atoms with E-state index in [0.717, 1.165) is 64.2 Å². The molecule has 0 aromatic carbocycles. The van der Waals surface area contributed by atoms with E-state index >= 15 is 0 Å². The molecule has 0 aromatic rings. The number of rotatable bonds is 35. The summed E-state index contributed by atoms with van der Waals surface area (Å²) in [6.07, 6.45) is 42.6. The van der Waals surface area contributed by atoms with Crippen LogP contribution in [0.2, 0.25) is 0 Å². The van der Waals surface area contributed by atoms with Gasteiger partial charge in [0.15, 0.2) is 6.10 Å². The van der Waals surface area contributed by atoms with Gasteiger partial charge >= 0.3 is 17.9 Å². The van der Waals surface area contributed by atoms with Crippen molar-refractivity contribution in [3.8, 4) is 0 Å². The molecule has 0 radical (unpaired) electrons. The van der Waals surface area contributed by atoms with E-state index < -0.39 is 6.10 Å². The summed E-state index contributed by atoms with van der Waals surface area (Å²) in [4.78, 5) is 37.3. The summed E-state index contributed by atoms with van der Waals surface area (Å²) in [5.74, 6) is -0.971. The molecule has 282 valence electrons. The molecule has 0 fully saturated rings. The van der Waals surface area contributed by atoms with Crippen LogP contribution in [0.1, 0.15) is 188 Å². The van der Waals surface area contributed by atoms with Gasteiger partial charge in [0, 0.05) is 19.3 Å². The number of carbonyl (C=O) groups is 3. The van der Waals surface area contributed by atoms with E-state index in [9.17, 15) is 14.4 Å². The molecule has 49 heavy (non-hydrogen) atoms. The highest BCUT2D eigenvalue weighted by atomic mass is 16.6. The lowest BCUT2D eigenvalue weighted by Crippen LogP contribution is -2.30. The Labute approximate surface area is 301 Å². The van der Waals surface area contributed by atoms with Crippen LogP contribution in [0.4, 0.5) is 0 Å². The van der Waals surface area contributed by atoms with Crippen LogP contribution < -0.4 is 0 Å². The molecule has 0 amide bonds. The number of ether oxygens (including phenoxy) is 3. The van der Waals surface area contributed by atoms with E-state index in [-0.39, 0.29) is 37.5 Å². The van der Waals surface area contributed by atoms with Crippen molar-refractivity contribution in [3.05, 3.63) is 48.6 Å². The zero-order valence-electron chi connectivity index (χ0n) is 31.9. The van der Waals surface area contributed by atoms with E-state index in [2.05, 4.69) is 69.4 Å². The molecule has 0 heterocycles. The number of hydrogen-bond acceptors (Lipinski definition) is 6. The predicted molar refractivity (Wildman–Crippen MR) is 205 cm³/mol. The third-order valence-corrected chi connectivity index (χ3v) is 8.34. The summed E-state index contributed by atoms with van der Waals surface area (Å²) in [6, 6.07) is 0. The molecule has 0 saturated heterocycles. The zero-order valence-corrected chi connectivity index (χ0v) is 31.9. The lowest BCUT2D eigenvalue weighted by atomic mass is 10.1. The number of carbonyl (C=O) groups excluding carboxylic acids is 3. The standard InChI is InChI=1S/C43H74O6/c1-4-7-10-13-16-17-18-19-20-21-22-23-24-25-28-31-34-37-43(46)49-40(38-47-41(44)35-32-29-26-14-11-8-5-2)39-48-42(45)36-33-30-27-15-12-9-6-3/h16-17,19-20,22-23,25,28,40H,4-15,18,21,24,26-27,29-39H2,1-3H3/b17-16-,20-19-,23-22-,28-25-. The summed E-state index contributed by atoms with van der Waals surface area (Å²) >= 11 is 0. The third-order valence-electron chi connectivity index (χ3n) is 8.34. The summed E-state index contributed by atoms with van der Waals surface area (Å²) in [7, 11) is 0. The first-order valence-electron chi connectivity index (χ1n) is 20.1. The summed E-state index contributed by atoms with van der Waals surface area (Å²) < 4.78 is 16.5. The first kappa shape index (κ1) is 46.4. The van der Waals surface area contributed by atoms with Gasteiger partial charge in [0.05, 0.1) is 0 Å². The van der Waals surface area contributed by atoms with Crippen molar-refractivity contribution in [3.63, 3.8) is 0 Å². The molecule has 0 N–H and O–H groups in total. The van der Waals surface area contributed by atoms with Gasteiger partial charge in [-0.2, -0.15) is 0 Å². The second-order valence-electron chi connectivity index (χ2n) is 13.2. The minimum Gasteiger partial charge on any atom is -0.462 e. The Morgan fingerprint density at radius 3 is 1.20 bits per heavy atom. The molecule has 6 heteroatoms. The van der Waals surface area contributed by atoms with Gasteiger partial charge in [0.1, 0.15) is 13.2 Å². The fourth-order valence-electron chi connectivity index (χ4n) is 5.26. The van der Waals surface area contributed by atoms with Gasteiger partial charge in [0.25, 0.3) is 0 Å². The molecular formula is C43H74O6. The van der Waals surface area contributed by atoms with E-state index in [0.29, 0.717) is 19.3 Å². The maximum absolute atomic E-state index is 12.6. The molecule has 0 spiro atoms. The monoisotopic (exact) mass is 687 g/mol. The number of unbranched alkanes of at least 4 members (excludes halogenated alkanes) is 16. The van der Waals surface area contributed by atoms with Gasteiger partial charge in [-0.3, -0.25) is 14.4 Å². The van der Waals surface area contributed by atoms with Crippen LogP contribution in [0.15, 0.2) is 48.6 Å². The van der Waals surface area contributed by atoms with Gasteiger partial charge in [-0.15, -0.1) is 0 Å². The average Bonchev–Trinajstić information content (AvgIpc) is 3.10. The summed E-state index contributed by atoms with van der Waals surface area (Å²) in [5, 5.41) is 0. The quantitative estimate of drug-likeness (QED) is 0.0286. The maximum atomic E-state index is 12.6. The summed E-state index contributed by atoms with van der Waals surface area (Å²) in [5.41, 5.74) is 0. The molecule has 6 nitrogen and oxygen atoms in total. The first-order valence-corrected chi connectivity index (χ1v) is 20.1. The highest BCUT2D eigenvalue weighted by Crippen LogP contribution is 2.12. The first-order chi connectivity index (χ1) is 24.0.